The van der Waals surface area contributed by atoms with Crippen molar-refractivity contribution in [1.29, 1.82) is 0 Å². The highest BCUT2D eigenvalue weighted by atomic mass is 35.5. The molecule has 1 aliphatic rings. The molecule has 0 aromatic heterocycles. The second kappa shape index (κ2) is 8.78. The molecule has 1 fully saturated rings. The molecule has 1 amide bonds. The van der Waals surface area contributed by atoms with E-state index in [0.29, 0.717) is 39.2 Å². The molecule has 1 aromatic carbocycles. The van der Waals surface area contributed by atoms with Crippen LogP contribution >= 0.6 is 12.4 Å². The van der Waals surface area contributed by atoms with Gasteiger partial charge in [-0.2, -0.15) is 0 Å². The van der Waals surface area contributed by atoms with E-state index in [9.17, 15) is 4.79 Å². The van der Waals surface area contributed by atoms with Gasteiger partial charge in [0.2, 0.25) is 5.91 Å². The van der Waals surface area contributed by atoms with E-state index in [1.165, 1.54) is 0 Å². The largest absolute Gasteiger partial charge is 0.489 e. The number of nitrogens with two attached hydrogens (primary N) is 1. The maximum absolute atomic E-state index is 12.3. The second-order valence-electron chi connectivity index (χ2n) is 5.16. The van der Waals surface area contributed by atoms with Crippen molar-refractivity contribution in [3.63, 3.8) is 0 Å². The van der Waals surface area contributed by atoms with Crippen molar-refractivity contribution in [2.75, 3.05) is 19.8 Å². The van der Waals surface area contributed by atoms with E-state index in [1.54, 1.807) is 6.08 Å². The van der Waals surface area contributed by atoms with Crippen LogP contribution in [0.1, 0.15) is 18.4 Å². The molecular formula is C16H23ClN2O3. The van der Waals surface area contributed by atoms with E-state index in [1.807, 2.05) is 24.3 Å². The van der Waals surface area contributed by atoms with Gasteiger partial charge >= 0.3 is 0 Å². The van der Waals surface area contributed by atoms with Gasteiger partial charge in [-0.05, 0) is 18.9 Å². The fourth-order valence-electron chi connectivity index (χ4n) is 2.25. The summed E-state index contributed by atoms with van der Waals surface area (Å²) >= 11 is 0. The van der Waals surface area contributed by atoms with Gasteiger partial charge < -0.3 is 20.5 Å². The highest BCUT2D eigenvalue weighted by Gasteiger charge is 2.35. The minimum Gasteiger partial charge on any atom is -0.489 e. The quantitative estimate of drug-likeness (QED) is 0.782. The third-order valence-electron chi connectivity index (χ3n) is 3.61. The summed E-state index contributed by atoms with van der Waals surface area (Å²) in [5.74, 6) is 0.611. The number of benzene rings is 1. The average Bonchev–Trinajstić information content (AvgIpc) is 2.52. The molecule has 1 heterocycles. The van der Waals surface area contributed by atoms with E-state index < -0.39 is 5.54 Å². The number of hydrogen-bond acceptors (Lipinski definition) is 4. The van der Waals surface area contributed by atoms with Crippen LogP contribution in [-0.4, -0.2) is 31.3 Å². The summed E-state index contributed by atoms with van der Waals surface area (Å²) in [4.78, 5) is 12.3. The molecule has 1 saturated heterocycles. The molecule has 22 heavy (non-hydrogen) atoms. The Bertz CT molecular complexity index is 502. The van der Waals surface area contributed by atoms with Crippen LogP contribution in [0.5, 0.6) is 5.75 Å². The smallest absolute Gasteiger partial charge is 0.240 e. The molecule has 2 rings (SSSR count). The van der Waals surface area contributed by atoms with E-state index >= 15 is 0 Å². The van der Waals surface area contributed by atoms with Crippen LogP contribution in [-0.2, 0) is 16.1 Å². The number of rotatable bonds is 6. The van der Waals surface area contributed by atoms with Crippen LogP contribution in [0.3, 0.4) is 0 Å². The Morgan fingerprint density at radius 2 is 2.09 bits per heavy atom. The first-order valence-corrected chi connectivity index (χ1v) is 7.12. The molecule has 1 aromatic rings. The topological polar surface area (TPSA) is 73.6 Å². The van der Waals surface area contributed by atoms with Gasteiger partial charge in [-0.3, -0.25) is 4.79 Å². The molecule has 0 unspecified atom stereocenters. The number of carbonyl (C=O) groups is 1. The summed E-state index contributed by atoms with van der Waals surface area (Å²) in [7, 11) is 0. The summed E-state index contributed by atoms with van der Waals surface area (Å²) in [6.45, 7) is 5.52. The van der Waals surface area contributed by atoms with Crippen molar-refractivity contribution in [1.82, 2.24) is 5.32 Å². The summed E-state index contributed by atoms with van der Waals surface area (Å²) < 4.78 is 10.8. The summed E-state index contributed by atoms with van der Waals surface area (Å²) in [5, 5.41) is 2.90. The van der Waals surface area contributed by atoms with Crippen molar-refractivity contribution in [2.24, 2.45) is 5.73 Å². The van der Waals surface area contributed by atoms with E-state index in [2.05, 4.69) is 11.9 Å². The summed E-state index contributed by atoms with van der Waals surface area (Å²) in [6.07, 6.45) is 2.78. The van der Waals surface area contributed by atoms with Gasteiger partial charge in [-0.25, -0.2) is 0 Å². The monoisotopic (exact) mass is 326 g/mol. The SMILES string of the molecule is C=CCOc1ccccc1CNC(=O)C1(N)CCOCC1.Cl. The van der Waals surface area contributed by atoms with Gasteiger partial charge in [-0.1, -0.05) is 30.9 Å². The fourth-order valence-corrected chi connectivity index (χ4v) is 2.25. The Balaban J connectivity index is 0.00000242. The van der Waals surface area contributed by atoms with Gasteiger partial charge in [0, 0.05) is 25.3 Å². The molecule has 0 bridgehead atoms. The Morgan fingerprint density at radius 1 is 1.41 bits per heavy atom. The number of amides is 1. The molecule has 0 radical (unpaired) electrons. The van der Waals surface area contributed by atoms with Crippen LogP contribution in [0, 0.1) is 0 Å². The molecule has 0 spiro atoms. The molecule has 0 saturated carbocycles. The third kappa shape index (κ3) is 4.73. The van der Waals surface area contributed by atoms with Crippen molar-refractivity contribution in [3.05, 3.63) is 42.5 Å². The van der Waals surface area contributed by atoms with E-state index in [0.717, 1.165) is 11.3 Å². The zero-order valence-electron chi connectivity index (χ0n) is 12.5. The number of para-hydroxylation sites is 1. The lowest BCUT2D eigenvalue weighted by Gasteiger charge is -2.31. The Morgan fingerprint density at radius 3 is 2.77 bits per heavy atom. The zero-order chi connectivity index (χ0) is 15.1. The lowest BCUT2D eigenvalue weighted by Crippen LogP contribution is -2.56. The summed E-state index contributed by atoms with van der Waals surface area (Å²) in [6, 6.07) is 7.60. The fraction of sp³-hybridized carbons (Fsp3) is 0.438. The molecule has 6 heteroatoms. The number of carbonyl (C=O) groups excluding carboxylic acids is 1. The normalized spacial score (nSPS) is 16.2. The van der Waals surface area contributed by atoms with Gasteiger partial charge in [-0.15, -0.1) is 12.4 Å². The first-order chi connectivity index (χ1) is 10.2. The highest BCUT2D eigenvalue weighted by Crippen LogP contribution is 2.20. The van der Waals surface area contributed by atoms with Crippen LogP contribution in [0.2, 0.25) is 0 Å². The van der Waals surface area contributed by atoms with Gasteiger partial charge in [0.25, 0.3) is 0 Å². The van der Waals surface area contributed by atoms with Crippen molar-refractivity contribution in [3.8, 4) is 5.75 Å². The van der Waals surface area contributed by atoms with Crippen LogP contribution in [0.15, 0.2) is 36.9 Å². The molecule has 0 aliphatic carbocycles. The maximum Gasteiger partial charge on any atom is 0.240 e. The van der Waals surface area contributed by atoms with Crippen LogP contribution in [0.25, 0.3) is 0 Å². The van der Waals surface area contributed by atoms with E-state index in [-0.39, 0.29) is 18.3 Å². The molecule has 1 aliphatic heterocycles. The molecule has 5 nitrogen and oxygen atoms in total. The summed E-state index contributed by atoms with van der Waals surface area (Å²) in [5.41, 5.74) is 6.24. The highest BCUT2D eigenvalue weighted by molar-refractivity contribution is 5.86. The zero-order valence-corrected chi connectivity index (χ0v) is 13.4. The predicted molar refractivity (Wildman–Crippen MR) is 88.2 cm³/mol. The van der Waals surface area contributed by atoms with E-state index in [4.69, 9.17) is 15.2 Å². The number of halogens is 1. The minimum absolute atomic E-state index is 0. The van der Waals surface area contributed by atoms with Crippen molar-refractivity contribution >= 4 is 18.3 Å². The van der Waals surface area contributed by atoms with Gasteiger partial charge in [0.05, 0.1) is 5.54 Å². The molecular weight excluding hydrogens is 304 g/mol. The molecule has 0 atom stereocenters. The molecule has 122 valence electrons. The number of ether oxygens (including phenoxy) is 2. The minimum atomic E-state index is -0.824. The standard InChI is InChI=1S/C16H22N2O3.ClH/c1-2-9-21-14-6-4-3-5-13(14)12-18-15(19)16(17)7-10-20-11-8-16;/h2-6H,1,7-12,17H2,(H,18,19);1H. The van der Waals surface area contributed by atoms with Crippen LogP contribution in [0.4, 0.5) is 0 Å². The second-order valence-corrected chi connectivity index (χ2v) is 5.16. The average molecular weight is 327 g/mol. The first kappa shape index (κ1) is 18.5. The van der Waals surface area contributed by atoms with Gasteiger partial charge in [0.1, 0.15) is 12.4 Å². The predicted octanol–water partition coefficient (Wildman–Crippen LogP) is 1.80. The van der Waals surface area contributed by atoms with Gasteiger partial charge in [0.15, 0.2) is 0 Å². The lowest BCUT2D eigenvalue weighted by molar-refractivity contribution is -0.129. The first-order valence-electron chi connectivity index (χ1n) is 7.12. The van der Waals surface area contributed by atoms with Crippen LogP contribution < -0.4 is 15.8 Å². The number of hydrogen-bond donors (Lipinski definition) is 2. The Labute approximate surface area is 137 Å². The van der Waals surface area contributed by atoms with Crippen molar-refractivity contribution in [2.45, 2.75) is 24.9 Å². The maximum atomic E-state index is 12.3. The van der Waals surface area contributed by atoms with Crippen molar-refractivity contribution < 1.29 is 14.3 Å². The Kier molecular flexibility index (Phi) is 7.38. The number of nitrogens with one attached hydrogen (secondary N) is 1. The lowest BCUT2D eigenvalue weighted by atomic mass is 9.90. The Hall–Kier alpha value is -1.56. The molecule has 3 N–H and O–H groups in total. The third-order valence-corrected chi connectivity index (χ3v) is 3.61.